The van der Waals surface area contributed by atoms with Gasteiger partial charge in [-0.3, -0.25) is 0 Å². The number of halogens is 1. The fraction of sp³-hybridized carbons (Fsp3) is 0. The molecule has 12 heavy (non-hydrogen) atoms. The van der Waals surface area contributed by atoms with Crippen molar-refractivity contribution < 1.29 is 9.63 Å². The Morgan fingerprint density at radius 2 is 2.08 bits per heavy atom. The molecule has 0 aliphatic rings. The van der Waals surface area contributed by atoms with Gasteiger partial charge >= 0.3 is 5.97 Å². The highest BCUT2D eigenvalue weighted by molar-refractivity contribution is 6.56. The average molecular weight is 184 g/mol. The van der Waals surface area contributed by atoms with E-state index < -0.39 is 5.97 Å². The highest BCUT2D eigenvalue weighted by Gasteiger charge is 2.03. The Bertz CT molecular complexity index is 284. The Kier molecular flexibility index (Phi) is 3.29. The lowest BCUT2D eigenvalue weighted by molar-refractivity contribution is 0.0520. The molecule has 0 heterocycles. The lowest BCUT2D eigenvalue weighted by atomic mass is 10.2. The maximum atomic E-state index is 11.0. The monoisotopic (exact) mass is 183 g/mol. The van der Waals surface area contributed by atoms with Crippen molar-refractivity contribution in [2.24, 2.45) is 5.16 Å². The van der Waals surface area contributed by atoms with Gasteiger partial charge in [0.2, 0.25) is 0 Å². The van der Waals surface area contributed by atoms with E-state index in [2.05, 4.69) is 9.99 Å². The van der Waals surface area contributed by atoms with E-state index in [1.165, 1.54) is 0 Å². The maximum Gasteiger partial charge on any atom is 0.365 e. The van der Waals surface area contributed by atoms with E-state index >= 15 is 0 Å². The lowest BCUT2D eigenvalue weighted by Crippen LogP contribution is -1.99. The second-order valence-electron chi connectivity index (χ2n) is 1.95. The summed E-state index contributed by atoms with van der Waals surface area (Å²) in [5, 5.41) is 3.14. The van der Waals surface area contributed by atoms with Crippen molar-refractivity contribution in [2.45, 2.75) is 0 Å². The molecule has 4 heteroatoms. The van der Waals surface area contributed by atoms with Gasteiger partial charge in [0.05, 0.1) is 5.56 Å². The summed E-state index contributed by atoms with van der Waals surface area (Å²) >= 11 is 5.06. The fourth-order valence-corrected chi connectivity index (χ4v) is 0.735. The van der Waals surface area contributed by atoms with Gasteiger partial charge in [0, 0.05) is 0 Å². The molecule has 0 amide bonds. The van der Waals surface area contributed by atoms with Crippen molar-refractivity contribution in [1.82, 2.24) is 0 Å². The summed E-state index contributed by atoms with van der Waals surface area (Å²) in [4.78, 5) is 15.4. The number of hydrogen-bond donors (Lipinski definition) is 0. The molecule has 0 aromatic heterocycles. The van der Waals surface area contributed by atoms with Crippen LogP contribution in [0.1, 0.15) is 10.4 Å². The first kappa shape index (κ1) is 8.74. The Morgan fingerprint density at radius 3 is 2.67 bits per heavy atom. The zero-order valence-electron chi connectivity index (χ0n) is 6.11. The Hall–Kier alpha value is -1.35. The Balaban J connectivity index is 2.66. The van der Waals surface area contributed by atoms with Crippen LogP contribution < -0.4 is 0 Å². The summed E-state index contributed by atoms with van der Waals surface area (Å²) in [6.45, 7) is 0. The molecule has 0 N–H and O–H groups in total. The van der Waals surface area contributed by atoms with E-state index in [0.717, 1.165) is 5.67 Å². The smallest absolute Gasteiger partial charge is 0.312 e. The molecule has 1 rings (SSSR count). The van der Waals surface area contributed by atoms with Crippen LogP contribution >= 0.6 is 11.6 Å². The zero-order chi connectivity index (χ0) is 8.81. The van der Waals surface area contributed by atoms with Gasteiger partial charge < -0.3 is 4.84 Å². The Morgan fingerprint density at radius 1 is 1.42 bits per heavy atom. The van der Waals surface area contributed by atoms with Gasteiger partial charge in [0.15, 0.2) is 0 Å². The van der Waals surface area contributed by atoms with Crippen LogP contribution in [0.2, 0.25) is 0 Å². The third-order valence-electron chi connectivity index (χ3n) is 1.18. The molecule has 0 unspecified atom stereocenters. The molecule has 3 nitrogen and oxygen atoms in total. The minimum absolute atomic E-state index is 0.444. The van der Waals surface area contributed by atoms with E-state index in [1.54, 1.807) is 24.3 Å². The van der Waals surface area contributed by atoms with Crippen LogP contribution in [0.15, 0.2) is 35.5 Å². The molecule has 0 saturated heterocycles. The fourth-order valence-electron chi connectivity index (χ4n) is 0.695. The van der Waals surface area contributed by atoms with Gasteiger partial charge in [0.25, 0.3) is 0 Å². The van der Waals surface area contributed by atoms with Gasteiger partial charge in [-0.15, -0.1) is 0 Å². The van der Waals surface area contributed by atoms with Crippen molar-refractivity contribution >= 4 is 23.2 Å². The molecular weight excluding hydrogens is 178 g/mol. The van der Waals surface area contributed by atoms with Gasteiger partial charge in [-0.05, 0) is 12.1 Å². The molecule has 62 valence electrons. The van der Waals surface area contributed by atoms with Crippen molar-refractivity contribution in [1.29, 1.82) is 0 Å². The topological polar surface area (TPSA) is 38.7 Å². The molecule has 0 saturated carbocycles. The number of carbonyl (C=O) groups excluding carboxylic acids is 1. The summed E-state index contributed by atoms with van der Waals surface area (Å²) in [6.07, 6.45) is 0. The van der Waals surface area contributed by atoms with E-state index in [4.69, 9.17) is 11.6 Å². The van der Waals surface area contributed by atoms with Crippen LogP contribution in [0.5, 0.6) is 0 Å². The summed E-state index contributed by atoms with van der Waals surface area (Å²) in [5.41, 5.74) is 1.33. The Labute approximate surface area is 74.6 Å². The molecule has 1 aromatic carbocycles. The molecular formula is C8H6ClNO2. The first-order valence-corrected chi connectivity index (χ1v) is 3.66. The molecule has 0 radical (unpaired) electrons. The highest BCUT2D eigenvalue weighted by Crippen LogP contribution is 2.00. The molecule has 0 bridgehead atoms. The summed E-state index contributed by atoms with van der Waals surface area (Å²) in [5.74, 6) is -0.521. The summed E-state index contributed by atoms with van der Waals surface area (Å²) in [7, 11) is 0. The number of oxime groups is 1. The van der Waals surface area contributed by atoms with Gasteiger partial charge in [0.1, 0.15) is 5.67 Å². The second-order valence-corrected chi connectivity index (χ2v) is 2.14. The summed E-state index contributed by atoms with van der Waals surface area (Å²) < 4.78 is 0. The number of nitrogens with zero attached hydrogens (tertiary/aromatic N) is 1. The van der Waals surface area contributed by atoms with E-state index in [0.29, 0.717) is 5.56 Å². The van der Waals surface area contributed by atoms with Crippen molar-refractivity contribution in [3.63, 3.8) is 0 Å². The van der Waals surface area contributed by atoms with Gasteiger partial charge in [-0.25, -0.2) is 4.79 Å². The normalized spacial score (nSPS) is 10.1. The molecule has 0 atom stereocenters. The molecule has 0 spiro atoms. The van der Waals surface area contributed by atoms with Crippen LogP contribution in [0.25, 0.3) is 0 Å². The minimum Gasteiger partial charge on any atom is -0.312 e. The molecule has 0 aliphatic carbocycles. The molecule has 0 fully saturated rings. The van der Waals surface area contributed by atoms with Crippen LogP contribution in [-0.4, -0.2) is 11.6 Å². The van der Waals surface area contributed by atoms with Crippen LogP contribution in [-0.2, 0) is 4.84 Å². The minimum atomic E-state index is -0.521. The standard InChI is InChI=1S/C8H6ClNO2/c9-6-10-12-8(11)7-4-2-1-3-5-7/h1-6H/b10-6+. The number of hydrogen-bond acceptors (Lipinski definition) is 3. The summed E-state index contributed by atoms with van der Waals surface area (Å²) in [6, 6.07) is 8.54. The highest BCUT2D eigenvalue weighted by atomic mass is 35.5. The van der Waals surface area contributed by atoms with Crippen LogP contribution in [0.3, 0.4) is 0 Å². The van der Waals surface area contributed by atoms with Crippen molar-refractivity contribution in [3.05, 3.63) is 35.9 Å². The van der Waals surface area contributed by atoms with Crippen molar-refractivity contribution in [2.75, 3.05) is 0 Å². The SMILES string of the molecule is O=C(O/N=C/Cl)c1ccccc1. The maximum absolute atomic E-state index is 11.0. The lowest BCUT2D eigenvalue weighted by Gasteiger charge is -1.94. The number of rotatable bonds is 2. The molecule has 0 aliphatic heterocycles. The third kappa shape index (κ3) is 2.36. The predicted molar refractivity (Wildman–Crippen MR) is 46.2 cm³/mol. The van der Waals surface area contributed by atoms with Crippen LogP contribution in [0, 0.1) is 0 Å². The largest absolute Gasteiger partial charge is 0.365 e. The van der Waals surface area contributed by atoms with E-state index in [1.807, 2.05) is 6.07 Å². The van der Waals surface area contributed by atoms with Gasteiger partial charge in [-0.2, -0.15) is 0 Å². The predicted octanol–water partition coefficient (Wildman–Crippen LogP) is 2.03. The van der Waals surface area contributed by atoms with Crippen molar-refractivity contribution in [3.8, 4) is 0 Å². The van der Waals surface area contributed by atoms with E-state index in [9.17, 15) is 4.79 Å². The zero-order valence-corrected chi connectivity index (χ0v) is 6.86. The number of carbonyl (C=O) groups is 1. The molecule has 1 aromatic rings. The number of benzene rings is 1. The first-order chi connectivity index (χ1) is 5.84. The van der Waals surface area contributed by atoms with E-state index in [-0.39, 0.29) is 0 Å². The third-order valence-corrected chi connectivity index (χ3v) is 1.26. The van der Waals surface area contributed by atoms with Gasteiger partial charge in [-0.1, -0.05) is 35.0 Å². The average Bonchev–Trinajstić information content (AvgIpc) is 2.15. The first-order valence-electron chi connectivity index (χ1n) is 3.23. The second kappa shape index (κ2) is 4.51. The quantitative estimate of drug-likeness (QED) is 0.400. The van der Waals surface area contributed by atoms with Crippen LogP contribution in [0.4, 0.5) is 0 Å².